The molecule has 7 nitrogen and oxygen atoms in total. The van der Waals surface area contributed by atoms with Gasteiger partial charge in [-0.05, 0) is 43.3 Å². The molecular weight excluding hydrogens is 438 g/mol. The summed E-state index contributed by atoms with van der Waals surface area (Å²) < 4.78 is 34.0. The molecule has 5 rings (SSSR count). The number of benzene rings is 2. The van der Waals surface area contributed by atoms with Gasteiger partial charge in [0.05, 0.1) is 28.7 Å². The number of ether oxygens (including phenoxy) is 1. The molecule has 0 N–H and O–H groups in total. The van der Waals surface area contributed by atoms with Crippen LogP contribution in [0, 0.1) is 6.92 Å². The predicted molar refractivity (Wildman–Crippen MR) is 126 cm³/mol. The summed E-state index contributed by atoms with van der Waals surface area (Å²) in [7, 11) is -2.71. The van der Waals surface area contributed by atoms with Crippen molar-refractivity contribution >= 4 is 37.8 Å². The fourth-order valence-corrected chi connectivity index (χ4v) is 5.46. The molecule has 0 saturated carbocycles. The lowest BCUT2D eigenvalue weighted by Gasteiger charge is -2.13. The Bertz CT molecular complexity index is 1620. The van der Waals surface area contributed by atoms with Gasteiger partial charge in [0.2, 0.25) is 0 Å². The number of pyridine rings is 2. The molecule has 0 aliphatic rings. The Kier molecular flexibility index (Phi) is 4.94. The lowest BCUT2D eigenvalue weighted by Crippen LogP contribution is -2.14. The molecule has 164 valence electrons. The van der Waals surface area contributed by atoms with E-state index in [0.29, 0.717) is 33.1 Å². The number of methoxy groups -OCH3 is 1. The highest BCUT2D eigenvalue weighted by Gasteiger charge is 2.27. The van der Waals surface area contributed by atoms with Crippen LogP contribution < -0.4 is 0 Å². The zero-order chi connectivity index (χ0) is 23.2. The van der Waals surface area contributed by atoms with E-state index in [4.69, 9.17) is 4.74 Å². The van der Waals surface area contributed by atoms with E-state index in [0.717, 1.165) is 5.56 Å². The highest BCUT2D eigenvalue weighted by molar-refractivity contribution is 7.90. The number of para-hydroxylation sites is 1. The first-order valence-corrected chi connectivity index (χ1v) is 11.6. The van der Waals surface area contributed by atoms with E-state index >= 15 is 0 Å². The zero-order valence-electron chi connectivity index (χ0n) is 17.9. The van der Waals surface area contributed by atoms with Crippen molar-refractivity contribution in [1.29, 1.82) is 0 Å². The molecule has 3 aromatic heterocycles. The summed E-state index contributed by atoms with van der Waals surface area (Å²) in [5.41, 5.74) is 2.81. The number of nitrogens with zero attached hydrogens (tertiary/aromatic N) is 3. The summed E-state index contributed by atoms with van der Waals surface area (Å²) in [5, 5.41) is 1.26. The molecular formula is C25H19N3O4S. The van der Waals surface area contributed by atoms with Crippen LogP contribution in [0.3, 0.4) is 0 Å². The van der Waals surface area contributed by atoms with Gasteiger partial charge in [-0.1, -0.05) is 35.9 Å². The van der Waals surface area contributed by atoms with Gasteiger partial charge in [0.1, 0.15) is 5.69 Å². The van der Waals surface area contributed by atoms with E-state index in [9.17, 15) is 13.2 Å². The Balaban J connectivity index is 1.97. The number of hydrogen-bond donors (Lipinski definition) is 0. The van der Waals surface area contributed by atoms with Crippen molar-refractivity contribution < 1.29 is 17.9 Å². The third kappa shape index (κ3) is 3.35. The number of carbonyl (C=O) groups is 1. The second-order valence-corrected chi connectivity index (χ2v) is 9.37. The maximum atomic E-state index is 13.9. The van der Waals surface area contributed by atoms with Crippen LogP contribution in [0.5, 0.6) is 0 Å². The van der Waals surface area contributed by atoms with Gasteiger partial charge in [-0.2, -0.15) is 0 Å². The van der Waals surface area contributed by atoms with Crippen molar-refractivity contribution in [2.24, 2.45) is 0 Å². The largest absolute Gasteiger partial charge is 0.464 e. The summed E-state index contributed by atoms with van der Waals surface area (Å²) in [6, 6.07) is 18.9. The average molecular weight is 458 g/mol. The Morgan fingerprint density at radius 1 is 0.970 bits per heavy atom. The first-order valence-electron chi connectivity index (χ1n) is 10.2. The number of esters is 1. The Morgan fingerprint density at radius 3 is 2.42 bits per heavy atom. The molecule has 2 aromatic carbocycles. The first kappa shape index (κ1) is 20.8. The number of rotatable bonds is 4. The van der Waals surface area contributed by atoms with E-state index < -0.39 is 16.0 Å². The van der Waals surface area contributed by atoms with Gasteiger partial charge in [-0.15, -0.1) is 0 Å². The first-order chi connectivity index (χ1) is 15.9. The maximum Gasteiger partial charge on any atom is 0.356 e. The van der Waals surface area contributed by atoms with E-state index in [1.54, 1.807) is 67.0 Å². The van der Waals surface area contributed by atoms with Crippen LogP contribution in [0.25, 0.3) is 33.1 Å². The maximum absolute atomic E-state index is 13.9. The zero-order valence-corrected chi connectivity index (χ0v) is 18.7. The molecule has 0 saturated heterocycles. The lowest BCUT2D eigenvalue weighted by molar-refractivity contribution is 0.0594. The molecule has 0 unspecified atom stereocenters. The van der Waals surface area contributed by atoms with Crippen molar-refractivity contribution in [2.75, 3.05) is 7.11 Å². The number of aryl methyl sites for hydroxylation is 1. The Morgan fingerprint density at radius 2 is 1.73 bits per heavy atom. The van der Waals surface area contributed by atoms with Gasteiger partial charge >= 0.3 is 5.97 Å². The molecule has 3 heterocycles. The number of carbonyl (C=O) groups excluding carboxylic acids is 1. The van der Waals surface area contributed by atoms with Crippen LogP contribution in [0.2, 0.25) is 0 Å². The summed E-state index contributed by atoms with van der Waals surface area (Å²) in [5.74, 6) is -0.611. The Labute approximate surface area is 190 Å². The van der Waals surface area contributed by atoms with E-state index in [1.807, 2.05) is 19.1 Å². The summed E-state index contributed by atoms with van der Waals surface area (Å²) in [6.45, 7) is 1.90. The summed E-state index contributed by atoms with van der Waals surface area (Å²) in [4.78, 5) is 21.2. The van der Waals surface area contributed by atoms with Crippen LogP contribution in [0.1, 0.15) is 16.1 Å². The molecule has 0 radical (unpaired) electrons. The standard InChI is InChI=1S/C25H19N3O4S/c1-16-9-11-18(12-10-16)33(30,31)28-22-8-4-3-7-19(22)20-14-21(25(29)32-2)27-23(24(20)28)17-6-5-13-26-15-17/h3-15H,1-2H3. The molecule has 33 heavy (non-hydrogen) atoms. The smallest absolute Gasteiger partial charge is 0.356 e. The van der Waals surface area contributed by atoms with Crippen LogP contribution in [-0.4, -0.2) is 35.4 Å². The minimum Gasteiger partial charge on any atom is -0.464 e. The molecule has 8 heteroatoms. The van der Waals surface area contributed by atoms with E-state index in [-0.39, 0.29) is 10.6 Å². The SMILES string of the molecule is COC(=O)c1cc2c3ccccc3n(S(=O)(=O)c3ccc(C)cc3)c2c(-c2cccnc2)n1. The van der Waals surface area contributed by atoms with E-state index in [1.165, 1.54) is 11.1 Å². The van der Waals surface area contributed by atoms with Crippen molar-refractivity contribution in [3.63, 3.8) is 0 Å². The molecule has 5 aromatic rings. The van der Waals surface area contributed by atoms with Crippen molar-refractivity contribution in [2.45, 2.75) is 11.8 Å². The molecule has 0 atom stereocenters. The third-order valence-electron chi connectivity index (χ3n) is 5.50. The normalized spacial score (nSPS) is 11.7. The fraction of sp³-hybridized carbons (Fsp3) is 0.0800. The van der Waals surface area contributed by atoms with Crippen molar-refractivity contribution in [1.82, 2.24) is 13.9 Å². The molecule has 0 aliphatic heterocycles. The second-order valence-electron chi connectivity index (χ2n) is 7.59. The molecule has 0 spiro atoms. The minimum atomic E-state index is -3.99. The highest BCUT2D eigenvalue weighted by atomic mass is 32.2. The lowest BCUT2D eigenvalue weighted by atomic mass is 10.1. The minimum absolute atomic E-state index is 0.0829. The highest BCUT2D eigenvalue weighted by Crippen LogP contribution is 2.37. The van der Waals surface area contributed by atoms with Gasteiger partial charge in [0.15, 0.2) is 0 Å². The Hall–Kier alpha value is -4.04. The van der Waals surface area contributed by atoms with Gasteiger partial charge in [0, 0.05) is 28.7 Å². The summed E-state index contributed by atoms with van der Waals surface area (Å²) >= 11 is 0. The number of aromatic nitrogens is 3. The monoisotopic (exact) mass is 457 g/mol. The van der Waals surface area contributed by atoms with Crippen LogP contribution in [0.15, 0.2) is 84.0 Å². The second kappa shape index (κ2) is 7.83. The quantitative estimate of drug-likeness (QED) is 0.367. The molecule has 0 aliphatic carbocycles. The summed E-state index contributed by atoms with van der Waals surface area (Å²) in [6.07, 6.45) is 3.20. The topological polar surface area (TPSA) is 91.2 Å². The van der Waals surface area contributed by atoms with E-state index in [2.05, 4.69) is 9.97 Å². The van der Waals surface area contributed by atoms with Crippen molar-refractivity contribution in [3.8, 4) is 11.3 Å². The van der Waals surface area contributed by atoms with Crippen LogP contribution in [0.4, 0.5) is 0 Å². The molecule has 0 bridgehead atoms. The molecule has 0 fully saturated rings. The van der Waals surface area contributed by atoms with Gasteiger partial charge in [0.25, 0.3) is 10.0 Å². The van der Waals surface area contributed by atoms with Gasteiger partial charge < -0.3 is 4.74 Å². The number of fused-ring (bicyclic) bond motifs is 3. The molecule has 0 amide bonds. The predicted octanol–water partition coefficient (Wildman–Crippen LogP) is 4.58. The number of hydrogen-bond acceptors (Lipinski definition) is 6. The fourth-order valence-electron chi connectivity index (χ4n) is 3.93. The van der Waals surface area contributed by atoms with Gasteiger partial charge in [-0.3, -0.25) is 4.98 Å². The van der Waals surface area contributed by atoms with Crippen LogP contribution >= 0.6 is 0 Å². The van der Waals surface area contributed by atoms with Gasteiger partial charge in [-0.25, -0.2) is 22.2 Å². The average Bonchev–Trinajstić information content (AvgIpc) is 3.19. The third-order valence-corrected chi connectivity index (χ3v) is 7.23. The van der Waals surface area contributed by atoms with Crippen molar-refractivity contribution in [3.05, 3.63) is 90.4 Å². The van der Waals surface area contributed by atoms with Crippen LogP contribution in [-0.2, 0) is 14.8 Å².